The number of anilines is 1. The summed E-state index contributed by atoms with van der Waals surface area (Å²) in [5.74, 6) is 0.384. The number of hydrogen-bond acceptors (Lipinski definition) is 7. The summed E-state index contributed by atoms with van der Waals surface area (Å²) in [7, 11) is 1.71. The molecule has 182 valence electrons. The Morgan fingerprint density at radius 3 is 2.61 bits per heavy atom. The first-order valence-corrected chi connectivity index (χ1v) is 14.0. The van der Waals surface area contributed by atoms with Crippen molar-refractivity contribution in [1.29, 1.82) is 0 Å². The molecule has 0 fully saturated rings. The largest absolute Gasteiger partial charge is 0.492 e. The van der Waals surface area contributed by atoms with Gasteiger partial charge >= 0.3 is 0 Å². The van der Waals surface area contributed by atoms with Crippen LogP contribution in [0.25, 0.3) is 20.7 Å². The number of nitrogens with one attached hydrogen (secondary N) is 1. The Morgan fingerprint density at radius 2 is 1.86 bits per heavy atom. The molecule has 5 rings (SSSR count). The van der Waals surface area contributed by atoms with E-state index in [2.05, 4.69) is 5.32 Å². The van der Waals surface area contributed by atoms with Gasteiger partial charge in [-0.15, -0.1) is 22.7 Å². The average Bonchev–Trinajstić information content (AvgIpc) is 3.57. The van der Waals surface area contributed by atoms with Crippen molar-refractivity contribution in [3.05, 3.63) is 93.4 Å². The highest BCUT2D eigenvalue weighted by Crippen LogP contribution is 2.38. The molecule has 5 aromatic rings. The van der Waals surface area contributed by atoms with E-state index in [1.54, 1.807) is 18.4 Å². The predicted molar refractivity (Wildman–Crippen MR) is 149 cm³/mol. The Bertz CT molecular complexity index is 1560. The van der Waals surface area contributed by atoms with Gasteiger partial charge in [0.25, 0.3) is 5.56 Å². The summed E-state index contributed by atoms with van der Waals surface area (Å²) in [6, 6.07) is 20.8. The van der Waals surface area contributed by atoms with Crippen LogP contribution in [0.15, 0.2) is 87.4 Å². The van der Waals surface area contributed by atoms with Crippen molar-refractivity contribution in [3.8, 4) is 16.2 Å². The second-order valence-corrected chi connectivity index (χ2v) is 10.8. The van der Waals surface area contributed by atoms with Crippen LogP contribution >= 0.6 is 34.4 Å². The zero-order valence-electron chi connectivity index (χ0n) is 19.6. The molecule has 9 heteroatoms. The van der Waals surface area contributed by atoms with Crippen LogP contribution in [-0.2, 0) is 11.8 Å². The van der Waals surface area contributed by atoms with Gasteiger partial charge in [-0.1, -0.05) is 60.3 Å². The van der Waals surface area contributed by atoms with Crippen molar-refractivity contribution in [1.82, 2.24) is 9.55 Å². The second kappa shape index (κ2) is 10.7. The van der Waals surface area contributed by atoms with Crippen molar-refractivity contribution in [2.75, 3.05) is 11.9 Å². The van der Waals surface area contributed by atoms with Crippen LogP contribution in [0.5, 0.6) is 5.75 Å². The number of nitrogens with zero attached hydrogens (tertiary/aromatic N) is 2. The summed E-state index contributed by atoms with van der Waals surface area (Å²) in [5.41, 5.74) is 2.19. The lowest BCUT2D eigenvalue weighted by Crippen LogP contribution is -2.23. The number of thioether (sulfide) groups is 1. The lowest BCUT2D eigenvalue weighted by atomic mass is 10.1. The molecule has 0 aliphatic rings. The SMILES string of the molecule is CCOc1ccccc1NC(=O)C(Sc1nc2scc(-c3cccs3)c2c(=O)n1C)c1ccccc1. The van der Waals surface area contributed by atoms with Gasteiger partial charge in [-0.2, -0.15) is 0 Å². The van der Waals surface area contributed by atoms with E-state index in [4.69, 9.17) is 9.72 Å². The highest BCUT2D eigenvalue weighted by atomic mass is 32.2. The Morgan fingerprint density at radius 1 is 1.08 bits per heavy atom. The monoisotopic (exact) mass is 533 g/mol. The first kappa shape index (κ1) is 24.3. The minimum Gasteiger partial charge on any atom is -0.492 e. The molecule has 6 nitrogen and oxygen atoms in total. The van der Waals surface area contributed by atoms with E-state index in [-0.39, 0.29) is 11.5 Å². The number of carbonyl (C=O) groups excluding carboxylic acids is 1. The number of ether oxygens (including phenoxy) is 1. The fraction of sp³-hybridized carbons (Fsp3) is 0.148. The molecule has 1 atom stereocenters. The third kappa shape index (κ3) is 4.82. The highest BCUT2D eigenvalue weighted by Gasteiger charge is 2.26. The summed E-state index contributed by atoms with van der Waals surface area (Å²) in [4.78, 5) is 33.5. The molecule has 0 aliphatic heterocycles. The van der Waals surface area contributed by atoms with Crippen molar-refractivity contribution < 1.29 is 9.53 Å². The van der Waals surface area contributed by atoms with Crippen LogP contribution in [0.2, 0.25) is 0 Å². The van der Waals surface area contributed by atoms with Gasteiger partial charge in [0.2, 0.25) is 5.91 Å². The summed E-state index contributed by atoms with van der Waals surface area (Å²) >= 11 is 4.30. The molecular weight excluding hydrogens is 511 g/mol. The normalized spacial score (nSPS) is 11.9. The predicted octanol–water partition coefficient (Wildman–Crippen LogP) is 6.59. The Labute approximate surface area is 220 Å². The fourth-order valence-electron chi connectivity index (χ4n) is 3.83. The van der Waals surface area contributed by atoms with Gasteiger partial charge in [-0.25, -0.2) is 4.98 Å². The van der Waals surface area contributed by atoms with Crippen LogP contribution in [0.3, 0.4) is 0 Å². The van der Waals surface area contributed by atoms with Gasteiger partial charge in [0.05, 0.1) is 17.7 Å². The number of aromatic nitrogens is 2. The van der Waals surface area contributed by atoms with E-state index in [0.717, 1.165) is 16.0 Å². The molecule has 3 heterocycles. The number of para-hydroxylation sites is 2. The number of amides is 1. The highest BCUT2D eigenvalue weighted by molar-refractivity contribution is 8.00. The number of hydrogen-bond donors (Lipinski definition) is 1. The zero-order valence-corrected chi connectivity index (χ0v) is 22.1. The molecule has 3 aromatic heterocycles. The number of benzene rings is 2. The maximum atomic E-state index is 13.6. The molecule has 36 heavy (non-hydrogen) atoms. The summed E-state index contributed by atoms with van der Waals surface area (Å²) < 4.78 is 7.22. The van der Waals surface area contributed by atoms with Crippen molar-refractivity contribution in [2.24, 2.45) is 7.05 Å². The first-order chi connectivity index (χ1) is 17.6. The lowest BCUT2D eigenvalue weighted by Gasteiger charge is -2.19. The van der Waals surface area contributed by atoms with Crippen molar-refractivity contribution >= 4 is 56.2 Å². The van der Waals surface area contributed by atoms with E-state index < -0.39 is 5.25 Å². The van der Waals surface area contributed by atoms with Gasteiger partial charge in [-0.3, -0.25) is 14.2 Å². The number of carbonyl (C=O) groups is 1. The third-order valence-electron chi connectivity index (χ3n) is 5.57. The molecule has 1 amide bonds. The number of thiophene rings is 2. The summed E-state index contributed by atoms with van der Waals surface area (Å²) in [6.45, 7) is 2.39. The molecule has 0 spiro atoms. The number of fused-ring (bicyclic) bond motifs is 1. The van der Waals surface area contributed by atoms with Crippen LogP contribution in [0, 0.1) is 0 Å². The van der Waals surface area contributed by atoms with Gasteiger partial charge in [0, 0.05) is 22.9 Å². The van der Waals surface area contributed by atoms with Gasteiger partial charge in [0.15, 0.2) is 5.16 Å². The Kier molecular flexibility index (Phi) is 7.22. The summed E-state index contributed by atoms with van der Waals surface area (Å²) in [5, 5.41) is 7.44. The topological polar surface area (TPSA) is 73.2 Å². The van der Waals surface area contributed by atoms with Gasteiger partial charge < -0.3 is 10.1 Å². The maximum Gasteiger partial charge on any atom is 0.263 e. The van der Waals surface area contributed by atoms with Crippen molar-refractivity contribution in [3.63, 3.8) is 0 Å². The molecule has 0 saturated carbocycles. The van der Waals surface area contributed by atoms with E-state index in [1.165, 1.54) is 27.7 Å². The molecule has 1 unspecified atom stereocenters. The van der Waals surface area contributed by atoms with E-state index in [1.807, 2.05) is 84.4 Å². The lowest BCUT2D eigenvalue weighted by molar-refractivity contribution is -0.115. The van der Waals surface area contributed by atoms with Crippen molar-refractivity contribution in [2.45, 2.75) is 17.3 Å². The van der Waals surface area contributed by atoms with E-state index in [9.17, 15) is 9.59 Å². The molecule has 2 aromatic carbocycles. The van der Waals surface area contributed by atoms with E-state index in [0.29, 0.717) is 33.4 Å². The van der Waals surface area contributed by atoms with E-state index >= 15 is 0 Å². The smallest absolute Gasteiger partial charge is 0.263 e. The van der Waals surface area contributed by atoms with Crippen LogP contribution in [0.4, 0.5) is 5.69 Å². The molecule has 0 aliphatic carbocycles. The van der Waals surface area contributed by atoms with Gasteiger partial charge in [-0.05, 0) is 36.1 Å². The molecule has 0 radical (unpaired) electrons. The Balaban J connectivity index is 1.52. The molecule has 0 saturated heterocycles. The zero-order chi connectivity index (χ0) is 25.1. The molecule has 0 bridgehead atoms. The Hall–Kier alpha value is -3.40. The minimum absolute atomic E-state index is 0.124. The quantitative estimate of drug-likeness (QED) is 0.180. The fourth-order valence-corrected chi connectivity index (χ4v) is 6.69. The molecular formula is C27H23N3O3S3. The number of rotatable bonds is 8. The standard InChI is InChI=1S/C27H23N3O3S3/c1-3-33-20-13-8-7-12-19(20)28-24(31)23(17-10-5-4-6-11-17)36-27-29-25-22(26(32)30(27)2)18(16-35-25)21-14-9-15-34-21/h4-16,23H,3H2,1-2H3,(H,28,31). The van der Waals surface area contributed by atoms with Crippen LogP contribution in [-0.4, -0.2) is 22.1 Å². The third-order valence-corrected chi connectivity index (χ3v) is 8.64. The van der Waals surface area contributed by atoms with Crippen LogP contribution in [0.1, 0.15) is 17.7 Å². The average molecular weight is 534 g/mol. The van der Waals surface area contributed by atoms with Gasteiger partial charge in [0.1, 0.15) is 15.8 Å². The maximum absolute atomic E-state index is 13.6. The first-order valence-electron chi connectivity index (χ1n) is 11.3. The van der Waals surface area contributed by atoms with Crippen LogP contribution < -0.4 is 15.6 Å². The minimum atomic E-state index is -0.631. The summed E-state index contributed by atoms with van der Waals surface area (Å²) in [6.07, 6.45) is 0. The molecule has 1 N–H and O–H groups in total. The second-order valence-electron chi connectivity index (χ2n) is 7.89.